The molecule has 0 atom stereocenters. The molecule has 2 heterocycles. The third-order valence-electron chi connectivity index (χ3n) is 3.31. The summed E-state index contributed by atoms with van der Waals surface area (Å²) < 4.78 is 0.678. The number of carbonyl (C=O) groups is 1. The molecule has 0 saturated carbocycles. The van der Waals surface area contributed by atoms with Crippen LogP contribution in [-0.4, -0.2) is 24.0 Å². The topological polar surface area (TPSA) is 54.0 Å². The molecule has 0 bridgehead atoms. The Morgan fingerprint density at radius 3 is 2.83 bits per heavy atom. The van der Waals surface area contributed by atoms with Gasteiger partial charge in [-0.05, 0) is 47.9 Å². The second-order valence-electron chi connectivity index (χ2n) is 4.76. The molecule has 4 nitrogen and oxygen atoms in total. The Bertz CT molecular complexity index is 461. The van der Waals surface area contributed by atoms with Crippen LogP contribution < -0.4 is 10.6 Å². The standard InChI is InChI=1S/C12H15BrClN3O/c1-12(2-4-15-5-3-12)11(18)17-8-6-9(13)10(14)16-7-8/h6-7,15H,2-5H2,1H3,(H,17,18). The Hall–Kier alpha value is -0.650. The van der Waals surface area contributed by atoms with E-state index in [2.05, 4.69) is 31.5 Å². The minimum Gasteiger partial charge on any atom is -0.324 e. The van der Waals surface area contributed by atoms with Crippen molar-refractivity contribution in [3.63, 3.8) is 0 Å². The van der Waals surface area contributed by atoms with Crippen molar-refractivity contribution in [3.05, 3.63) is 21.9 Å². The summed E-state index contributed by atoms with van der Waals surface area (Å²) in [6.45, 7) is 3.76. The van der Waals surface area contributed by atoms with E-state index in [0.717, 1.165) is 25.9 Å². The van der Waals surface area contributed by atoms with Crippen molar-refractivity contribution in [2.75, 3.05) is 18.4 Å². The van der Waals surface area contributed by atoms with Gasteiger partial charge >= 0.3 is 0 Å². The molecule has 6 heteroatoms. The molecule has 1 aromatic rings. The molecule has 1 amide bonds. The number of rotatable bonds is 2. The Morgan fingerprint density at radius 2 is 2.22 bits per heavy atom. The lowest BCUT2D eigenvalue weighted by Crippen LogP contribution is -2.42. The molecule has 1 aliphatic heterocycles. The number of halogens is 2. The van der Waals surface area contributed by atoms with E-state index in [-0.39, 0.29) is 11.3 Å². The van der Waals surface area contributed by atoms with Crippen LogP contribution >= 0.6 is 27.5 Å². The van der Waals surface area contributed by atoms with E-state index in [1.807, 2.05) is 6.92 Å². The minimum atomic E-state index is -0.308. The maximum absolute atomic E-state index is 12.3. The zero-order chi connectivity index (χ0) is 13.2. The van der Waals surface area contributed by atoms with Crippen molar-refractivity contribution in [1.29, 1.82) is 0 Å². The number of hydrogen-bond donors (Lipinski definition) is 2. The lowest BCUT2D eigenvalue weighted by molar-refractivity contribution is -0.126. The Labute approximate surface area is 120 Å². The monoisotopic (exact) mass is 331 g/mol. The zero-order valence-electron chi connectivity index (χ0n) is 10.1. The lowest BCUT2D eigenvalue weighted by atomic mass is 9.80. The first kappa shape index (κ1) is 13.8. The lowest BCUT2D eigenvalue weighted by Gasteiger charge is -2.32. The number of carbonyl (C=O) groups excluding carboxylic acids is 1. The molecule has 0 spiro atoms. The smallest absolute Gasteiger partial charge is 0.230 e. The summed E-state index contributed by atoms with van der Waals surface area (Å²) >= 11 is 9.10. The molecule has 0 aliphatic carbocycles. The van der Waals surface area contributed by atoms with Crippen LogP contribution in [0.4, 0.5) is 5.69 Å². The van der Waals surface area contributed by atoms with E-state index in [9.17, 15) is 4.79 Å². The molecule has 18 heavy (non-hydrogen) atoms. The molecule has 1 saturated heterocycles. The van der Waals surface area contributed by atoms with Crippen LogP contribution in [0.25, 0.3) is 0 Å². The summed E-state index contributed by atoms with van der Waals surface area (Å²) in [5, 5.41) is 6.55. The average Bonchev–Trinajstić information content (AvgIpc) is 2.35. The molecule has 2 rings (SSSR count). The predicted octanol–water partition coefficient (Wildman–Crippen LogP) is 2.83. The average molecular weight is 333 g/mol. The van der Waals surface area contributed by atoms with Gasteiger partial charge < -0.3 is 10.6 Å². The quantitative estimate of drug-likeness (QED) is 0.819. The van der Waals surface area contributed by atoms with Gasteiger partial charge in [-0.15, -0.1) is 0 Å². The molecular formula is C12H15BrClN3O. The minimum absolute atomic E-state index is 0.0417. The van der Waals surface area contributed by atoms with E-state index < -0.39 is 0 Å². The van der Waals surface area contributed by atoms with Crippen molar-refractivity contribution in [3.8, 4) is 0 Å². The van der Waals surface area contributed by atoms with E-state index in [4.69, 9.17) is 11.6 Å². The van der Waals surface area contributed by atoms with Gasteiger partial charge in [-0.1, -0.05) is 18.5 Å². The van der Waals surface area contributed by atoms with Gasteiger partial charge in [-0.2, -0.15) is 0 Å². The molecule has 0 unspecified atom stereocenters. The van der Waals surface area contributed by atoms with Crippen molar-refractivity contribution < 1.29 is 4.79 Å². The molecule has 2 N–H and O–H groups in total. The third-order valence-corrected chi connectivity index (χ3v) is 4.44. The molecule has 1 aliphatic rings. The van der Waals surface area contributed by atoms with Gasteiger partial charge in [0.1, 0.15) is 5.15 Å². The normalized spacial score (nSPS) is 18.4. The van der Waals surface area contributed by atoms with Crippen LogP contribution in [-0.2, 0) is 4.79 Å². The first-order valence-electron chi connectivity index (χ1n) is 5.84. The fourth-order valence-corrected chi connectivity index (χ4v) is 2.43. The summed E-state index contributed by atoms with van der Waals surface area (Å²) in [4.78, 5) is 16.3. The van der Waals surface area contributed by atoms with Crippen LogP contribution in [0.5, 0.6) is 0 Å². The van der Waals surface area contributed by atoms with Gasteiger partial charge in [0, 0.05) is 5.41 Å². The Balaban J connectivity index is 2.08. The first-order chi connectivity index (χ1) is 8.51. The summed E-state index contributed by atoms with van der Waals surface area (Å²) in [5.74, 6) is 0.0417. The van der Waals surface area contributed by atoms with Crippen molar-refractivity contribution in [2.45, 2.75) is 19.8 Å². The van der Waals surface area contributed by atoms with E-state index >= 15 is 0 Å². The number of piperidine rings is 1. The molecule has 1 aromatic heterocycles. The SMILES string of the molecule is CC1(C(=O)Nc2cnc(Cl)c(Br)c2)CCNCC1. The maximum atomic E-state index is 12.3. The van der Waals surface area contributed by atoms with E-state index in [0.29, 0.717) is 15.3 Å². The fraction of sp³-hybridized carbons (Fsp3) is 0.500. The Kier molecular flexibility index (Phi) is 4.25. The molecule has 0 aromatic carbocycles. The van der Waals surface area contributed by atoms with Crippen LogP contribution in [0.1, 0.15) is 19.8 Å². The number of nitrogens with one attached hydrogen (secondary N) is 2. The zero-order valence-corrected chi connectivity index (χ0v) is 12.4. The number of nitrogens with zero attached hydrogens (tertiary/aromatic N) is 1. The van der Waals surface area contributed by atoms with Crippen molar-refractivity contribution in [1.82, 2.24) is 10.3 Å². The van der Waals surface area contributed by atoms with Crippen LogP contribution in [0.2, 0.25) is 5.15 Å². The second-order valence-corrected chi connectivity index (χ2v) is 5.97. The highest BCUT2D eigenvalue weighted by molar-refractivity contribution is 9.10. The van der Waals surface area contributed by atoms with Gasteiger partial charge in [-0.25, -0.2) is 4.98 Å². The van der Waals surface area contributed by atoms with E-state index in [1.54, 1.807) is 12.3 Å². The molecular weight excluding hydrogens is 318 g/mol. The van der Waals surface area contributed by atoms with Gasteiger partial charge in [-0.3, -0.25) is 4.79 Å². The first-order valence-corrected chi connectivity index (χ1v) is 7.02. The molecule has 0 radical (unpaired) electrons. The van der Waals surface area contributed by atoms with Gasteiger partial charge in [0.15, 0.2) is 0 Å². The number of anilines is 1. The number of aromatic nitrogens is 1. The second kappa shape index (κ2) is 5.55. The van der Waals surface area contributed by atoms with Crippen LogP contribution in [0, 0.1) is 5.41 Å². The van der Waals surface area contributed by atoms with Crippen molar-refractivity contribution >= 4 is 39.1 Å². The van der Waals surface area contributed by atoms with Crippen LogP contribution in [0.15, 0.2) is 16.7 Å². The molecule has 1 fully saturated rings. The highest BCUT2D eigenvalue weighted by Gasteiger charge is 2.34. The third kappa shape index (κ3) is 3.02. The molecule has 98 valence electrons. The largest absolute Gasteiger partial charge is 0.324 e. The number of hydrogen-bond acceptors (Lipinski definition) is 3. The van der Waals surface area contributed by atoms with Crippen LogP contribution in [0.3, 0.4) is 0 Å². The summed E-state index contributed by atoms with van der Waals surface area (Å²) in [6.07, 6.45) is 3.26. The predicted molar refractivity (Wildman–Crippen MR) is 75.8 cm³/mol. The fourth-order valence-electron chi connectivity index (χ4n) is 1.98. The summed E-state index contributed by atoms with van der Waals surface area (Å²) in [5.41, 5.74) is 0.355. The Morgan fingerprint density at radius 1 is 1.56 bits per heavy atom. The number of amides is 1. The maximum Gasteiger partial charge on any atom is 0.230 e. The summed E-state index contributed by atoms with van der Waals surface area (Å²) in [6, 6.07) is 1.76. The number of pyridine rings is 1. The van der Waals surface area contributed by atoms with Gasteiger partial charge in [0.2, 0.25) is 5.91 Å². The highest BCUT2D eigenvalue weighted by Crippen LogP contribution is 2.30. The van der Waals surface area contributed by atoms with E-state index in [1.165, 1.54) is 0 Å². The van der Waals surface area contributed by atoms with Crippen molar-refractivity contribution in [2.24, 2.45) is 5.41 Å². The van der Waals surface area contributed by atoms with Gasteiger partial charge in [0.05, 0.1) is 16.4 Å². The summed E-state index contributed by atoms with van der Waals surface area (Å²) in [7, 11) is 0. The highest BCUT2D eigenvalue weighted by atomic mass is 79.9. The van der Waals surface area contributed by atoms with Gasteiger partial charge in [0.25, 0.3) is 0 Å².